The van der Waals surface area contributed by atoms with Crippen LogP contribution in [0, 0.1) is 0 Å². The Kier molecular flexibility index (Phi) is 7.04. The number of hydrogen-bond donors (Lipinski definition) is 1. The van der Waals surface area contributed by atoms with E-state index in [1.165, 1.54) is 4.90 Å². The van der Waals surface area contributed by atoms with Gasteiger partial charge in [-0.05, 0) is 62.8 Å². The molecule has 1 heterocycles. The second-order valence-electron chi connectivity index (χ2n) is 6.55. The maximum Gasteiger partial charge on any atom is 0.425 e. The Morgan fingerprint density at radius 2 is 1.92 bits per heavy atom. The van der Waals surface area contributed by atoms with E-state index in [-0.39, 0.29) is 6.04 Å². The summed E-state index contributed by atoms with van der Waals surface area (Å²) in [5.41, 5.74) is 0.507. The fourth-order valence-electron chi connectivity index (χ4n) is 2.58. The third-order valence-electron chi connectivity index (χ3n) is 3.65. The van der Waals surface area contributed by atoms with Gasteiger partial charge in [-0.3, -0.25) is 0 Å². The standard InChI is InChI=1S/C15H20F3NO2S.CH4S/c1-14(2,3)21-13(20)19(4)10-5-6-11-9(7-10)8-22-12(11)15(16,17)18;1-2/h8,10H,5-7H2,1-4H3;2H,1H3. The van der Waals surface area contributed by atoms with Crippen LogP contribution in [0.5, 0.6) is 0 Å². The van der Waals surface area contributed by atoms with Gasteiger partial charge in [-0.15, -0.1) is 11.3 Å². The monoisotopic (exact) mass is 383 g/mol. The van der Waals surface area contributed by atoms with E-state index in [2.05, 4.69) is 12.6 Å². The highest BCUT2D eigenvalue weighted by Gasteiger charge is 2.38. The van der Waals surface area contributed by atoms with Crippen molar-refractivity contribution in [3.63, 3.8) is 0 Å². The Labute approximate surface area is 150 Å². The van der Waals surface area contributed by atoms with Gasteiger partial charge < -0.3 is 9.64 Å². The van der Waals surface area contributed by atoms with Crippen molar-refractivity contribution < 1.29 is 22.7 Å². The zero-order valence-corrected chi connectivity index (χ0v) is 16.2. The molecule has 24 heavy (non-hydrogen) atoms. The molecule has 3 nitrogen and oxygen atoms in total. The highest BCUT2D eigenvalue weighted by atomic mass is 32.1. The van der Waals surface area contributed by atoms with Crippen molar-refractivity contribution in [3.05, 3.63) is 21.4 Å². The normalized spacial score (nSPS) is 17.5. The summed E-state index contributed by atoms with van der Waals surface area (Å²) in [4.78, 5) is 13.1. The van der Waals surface area contributed by atoms with Crippen molar-refractivity contribution in [3.8, 4) is 0 Å². The molecule has 0 N–H and O–H groups in total. The van der Waals surface area contributed by atoms with Gasteiger partial charge in [0.25, 0.3) is 0 Å². The second kappa shape index (κ2) is 7.99. The minimum Gasteiger partial charge on any atom is -0.444 e. The maximum atomic E-state index is 12.9. The van der Waals surface area contributed by atoms with Crippen molar-refractivity contribution in [2.45, 2.75) is 57.9 Å². The number of thiophene rings is 1. The smallest absolute Gasteiger partial charge is 0.425 e. The van der Waals surface area contributed by atoms with Crippen molar-refractivity contribution in [2.24, 2.45) is 0 Å². The lowest BCUT2D eigenvalue weighted by molar-refractivity contribution is -0.135. The van der Waals surface area contributed by atoms with Crippen LogP contribution < -0.4 is 0 Å². The van der Waals surface area contributed by atoms with Crippen LogP contribution in [0.4, 0.5) is 18.0 Å². The summed E-state index contributed by atoms with van der Waals surface area (Å²) in [7, 11) is 1.64. The predicted molar refractivity (Wildman–Crippen MR) is 94.0 cm³/mol. The molecule has 138 valence electrons. The molecule has 0 aromatic carbocycles. The van der Waals surface area contributed by atoms with Crippen LogP contribution in [-0.2, 0) is 23.8 Å². The van der Waals surface area contributed by atoms with Gasteiger partial charge >= 0.3 is 12.3 Å². The van der Waals surface area contributed by atoms with Crippen LogP contribution in [0.1, 0.15) is 43.2 Å². The molecule has 0 radical (unpaired) electrons. The first-order valence-corrected chi connectivity index (χ1v) is 9.33. The van der Waals surface area contributed by atoms with Crippen LogP contribution in [0.25, 0.3) is 0 Å². The summed E-state index contributed by atoms with van der Waals surface area (Å²) in [6.45, 7) is 5.35. The summed E-state index contributed by atoms with van der Waals surface area (Å²) in [5.74, 6) is 0. The number of rotatable bonds is 1. The number of nitrogens with zero attached hydrogens (tertiary/aromatic N) is 1. The molecule has 0 fully saturated rings. The lowest BCUT2D eigenvalue weighted by Gasteiger charge is -2.33. The topological polar surface area (TPSA) is 29.5 Å². The van der Waals surface area contributed by atoms with Gasteiger partial charge in [0.2, 0.25) is 0 Å². The summed E-state index contributed by atoms with van der Waals surface area (Å²) in [6.07, 6.45) is -1.74. The number of carbonyl (C=O) groups is 1. The lowest BCUT2D eigenvalue weighted by Crippen LogP contribution is -2.43. The molecule has 1 aliphatic rings. The molecule has 1 aromatic heterocycles. The first kappa shape index (κ1) is 21.2. The molecule has 0 saturated heterocycles. The minimum absolute atomic E-state index is 0.127. The van der Waals surface area contributed by atoms with Gasteiger partial charge in [0, 0.05) is 13.1 Å². The highest BCUT2D eigenvalue weighted by molar-refractivity contribution is 7.79. The Bertz CT molecular complexity index is 565. The Hall–Kier alpha value is -0.890. The number of hydrogen-bond acceptors (Lipinski definition) is 4. The molecule has 1 amide bonds. The number of amides is 1. The molecular weight excluding hydrogens is 359 g/mol. The van der Waals surface area contributed by atoms with Crippen LogP contribution >= 0.6 is 24.0 Å². The minimum atomic E-state index is -4.29. The summed E-state index contributed by atoms with van der Waals surface area (Å²) in [6, 6.07) is -0.127. The van der Waals surface area contributed by atoms with E-state index < -0.39 is 22.7 Å². The lowest BCUT2D eigenvalue weighted by atomic mass is 9.89. The molecule has 0 bridgehead atoms. The number of thiol groups is 1. The molecule has 1 aliphatic carbocycles. The van der Waals surface area contributed by atoms with Gasteiger partial charge in [0.1, 0.15) is 10.5 Å². The number of carbonyl (C=O) groups excluding carboxylic acids is 1. The van der Waals surface area contributed by atoms with Crippen molar-refractivity contribution in [2.75, 3.05) is 13.3 Å². The van der Waals surface area contributed by atoms with Crippen molar-refractivity contribution in [1.29, 1.82) is 0 Å². The van der Waals surface area contributed by atoms with Gasteiger partial charge in [0.05, 0.1) is 0 Å². The van der Waals surface area contributed by atoms with E-state index in [1.54, 1.807) is 39.5 Å². The highest BCUT2D eigenvalue weighted by Crippen LogP contribution is 2.41. The van der Waals surface area contributed by atoms with Gasteiger partial charge in [-0.2, -0.15) is 25.8 Å². The van der Waals surface area contributed by atoms with Gasteiger partial charge in [-0.25, -0.2) is 4.79 Å². The second-order valence-corrected chi connectivity index (χ2v) is 7.43. The summed E-state index contributed by atoms with van der Waals surface area (Å²) in [5, 5.41) is 1.56. The molecule has 0 saturated carbocycles. The number of halogens is 3. The average Bonchev–Trinajstić information content (AvgIpc) is 2.89. The molecule has 1 aromatic rings. The first-order chi connectivity index (χ1) is 11.0. The molecule has 1 unspecified atom stereocenters. The van der Waals surface area contributed by atoms with E-state index in [0.717, 1.165) is 11.3 Å². The molecule has 0 aliphatic heterocycles. The number of ether oxygens (including phenoxy) is 1. The van der Waals surface area contributed by atoms with Crippen molar-refractivity contribution >= 4 is 30.1 Å². The molecular formula is C16H24F3NO2S2. The van der Waals surface area contributed by atoms with Crippen LogP contribution in [0.2, 0.25) is 0 Å². The van der Waals surface area contributed by atoms with Crippen molar-refractivity contribution in [1.82, 2.24) is 4.90 Å². The number of fused-ring (bicyclic) bond motifs is 1. The van der Waals surface area contributed by atoms with E-state index in [1.807, 2.05) is 0 Å². The van der Waals surface area contributed by atoms with E-state index >= 15 is 0 Å². The third kappa shape index (κ3) is 5.31. The zero-order chi connectivity index (χ0) is 18.7. The first-order valence-electron chi connectivity index (χ1n) is 7.56. The fourth-order valence-corrected chi connectivity index (χ4v) is 3.59. The summed E-state index contributed by atoms with van der Waals surface area (Å²) >= 11 is 4.27. The maximum absolute atomic E-state index is 12.9. The van der Waals surface area contributed by atoms with Crippen LogP contribution in [0.3, 0.4) is 0 Å². The molecule has 1 atom stereocenters. The van der Waals surface area contributed by atoms with E-state index in [4.69, 9.17) is 4.74 Å². The third-order valence-corrected chi connectivity index (χ3v) is 4.77. The quantitative estimate of drug-likeness (QED) is 0.689. The Morgan fingerprint density at radius 1 is 1.33 bits per heavy atom. The Morgan fingerprint density at radius 3 is 2.42 bits per heavy atom. The van der Waals surface area contributed by atoms with Crippen LogP contribution in [0.15, 0.2) is 5.38 Å². The molecule has 2 rings (SSSR count). The fraction of sp³-hybridized carbons (Fsp3) is 0.688. The predicted octanol–water partition coefficient (Wildman–Crippen LogP) is 5.04. The Balaban J connectivity index is 0.00000139. The van der Waals surface area contributed by atoms with E-state index in [9.17, 15) is 18.0 Å². The molecule has 0 spiro atoms. The average molecular weight is 384 g/mol. The number of likely N-dealkylation sites (N-methyl/N-ethyl adjacent to an activating group) is 1. The largest absolute Gasteiger partial charge is 0.444 e. The summed E-state index contributed by atoms with van der Waals surface area (Å²) < 4.78 is 44.0. The number of alkyl halides is 3. The molecule has 8 heteroatoms. The van der Waals surface area contributed by atoms with Gasteiger partial charge in [0.15, 0.2) is 0 Å². The van der Waals surface area contributed by atoms with Gasteiger partial charge in [-0.1, -0.05) is 0 Å². The van der Waals surface area contributed by atoms with Crippen LogP contribution in [-0.4, -0.2) is 35.9 Å². The SMILES string of the molecule is CN(C(=O)OC(C)(C)C)C1CCc2c(csc2C(F)(F)F)C1.CS. The zero-order valence-electron chi connectivity index (χ0n) is 14.5. The van der Waals surface area contributed by atoms with E-state index in [0.29, 0.717) is 30.4 Å².